The van der Waals surface area contributed by atoms with Gasteiger partial charge in [-0.05, 0) is 25.3 Å². The number of halogens is 1. The summed E-state index contributed by atoms with van der Waals surface area (Å²) in [5.74, 6) is 0.151. The summed E-state index contributed by atoms with van der Waals surface area (Å²) in [6, 6.07) is 1.78. The predicted octanol–water partition coefficient (Wildman–Crippen LogP) is 2.67. The van der Waals surface area contributed by atoms with Crippen molar-refractivity contribution in [2.24, 2.45) is 5.92 Å². The highest BCUT2D eigenvalue weighted by Crippen LogP contribution is 2.33. The van der Waals surface area contributed by atoms with E-state index in [1.165, 1.54) is 12.3 Å². The highest BCUT2D eigenvalue weighted by Gasteiger charge is 2.29. The standard InChI is InChI=1S/C12H15ClN2O2/c1-7-5-8(2)15(6-7)11-10(13)9(12(16)17)3-4-14-11/h3-4,7-8H,5-6H2,1-2H3,(H,16,17). The first-order chi connectivity index (χ1) is 8.00. The molecular weight excluding hydrogens is 240 g/mol. The van der Waals surface area contributed by atoms with Gasteiger partial charge in [0.15, 0.2) is 0 Å². The van der Waals surface area contributed by atoms with Gasteiger partial charge in [0.05, 0.1) is 10.6 Å². The molecule has 2 unspecified atom stereocenters. The summed E-state index contributed by atoms with van der Waals surface area (Å²) >= 11 is 6.11. The first-order valence-electron chi connectivity index (χ1n) is 5.65. The minimum atomic E-state index is -1.02. The van der Waals surface area contributed by atoms with Gasteiger partial charge in [0.1, 0.15) is 5.82 Å². The molecule has 0 spiro atoms. The zero-order valence-corrected chi connectivity index (χ0v) is 10.6. The maximum absolute atomic E-state index is 11.0. The van der Waals surface area contributed by atoms with Crippen LogP contribution in [0.1, 0.15) is 30.6 Å². The van der Waals surface area contributed by atoms with E-state index < -0.39 is 5.97 Å². The van der Waals surface area contributed by atoms with Gasteiger partial charge in [0.2, 0.25) is 0 Å². The van der Waals surface area contributed by atoms with Crippen molar-refractivity contribution in [2.45, 2.75) is 26.3 Å². The Morgan fingerprint density at radius 2 is 2.29 bits per heavy atom. The number of carbonyl (C=O) groups is 1. The molecule has 0 amide bonds. The molecular formula is C12H15ClN2O2. The lowest BCUT2D eigenvalue weighted by Gasteiger charge is -2.23. The Kier molecular flexibility index (Phi) is 3.24. The minimum Gasteiger partial charge on any atom is -0.478 e. The fraction of sp³-hybridized carbons (Fsp3) is 0.500. The second kappa shape index (κ2) is 4.53. The fourth-order valence-electron chi connectivity index (χ4n) is 2.39. The van der Waals surface area contributed by atoms with Crippen LogP contribution in [0.25, 0.3) is 0 Å². The number of carboxylic acids is 1. The van der Waals surface area contributed by atoms with Crippen LogP contribution in [0.3, 0.4) is 0 Å². The van der Waals surface area contributed by atoms with Gasteiger partial charge < -0.3 is 10.0 Å². The topological polar surface area (TPSA) is 53.4 Å². The first kappa shape index (κ1) is 12.2. The summed E-state index contributed by atoms with van der Waals surface area (Å²) in [6.45, 7) is 5.15. The number of hydrogen-bond acceptors (Lipinski definition) is 3. The van der Waals surface area contributed by atoms with Crippen molar-refractivity contribution in [3.8, 4) is 0 Å². The molecule has 1 saturated heterocycles. The van der Waals surface area contributed by atoms with Gasteiger partial charge in [0.25, 0.3) is 0 Å². The van der Waals surface area contributed by atoms with Crippen molar-refractivity contribution in [3.05, 3.63) is 22.8 Å². The summed E-state index contributed by atoms with van der Waals surface area (Å²) in [5.41, 5.74) is 0.114. The van der Waals surface area contributed by atoms with Gasteiger partial charge >= 0.3 is 5.97 Å². The molecule has 2 atom stereocenters. The first-order valence-corrected chi connectivity index (χ1v) is 6.03. The molecule has 4 nitrogen and oxygen atoms in total. The maximum atomic E-state index is 11.0. The van der Waals surface area contributed by atoms with Crippen molar-refractivity contribution in [3.63, 3.8) is 0 Å². The van der Waals surface area contributed by atoms with E-state index in [-0.39, 0.29) is 10.6 Å². The monoisotopic (exact) mass is 254 g/mol. The van der Waals surface area contributed by atoms with Crippen molar-refractivity contribution in [1.82, 2.24) is 4.98 Å². The van der Waals surface area contributed by atoms with Crippen LogP contribution in [-0.2, 0) is 0 Å². The molecule has 1 N–H and O–H groups in total. The Bertz CT molecular complexity index is 450. The van der Waals surface area contributed by atoms with Crippen LogP contribution in [0, 0.1) is 5.92 Å². The van der Waals surface area contributed by atoms with E-state index in [9.17, 15) is 4.79 Å². The number of aromatic nitrogens is 1. The molecule has 0 saturated carbocycles. The van der Waals surface area contributed by atoms with Crippen LogP contribution in [0.4, 0.5) is 5.82 Å². The third-order valence-electron chi connectivity index (χ3n) is 3.16. The number of nitrogens with zero attached hydrogens (tertiary/aromatic N) is 2. The molecule has 92 valence electrons. The van der Waals surface area contributed by atoms with E-state index in [4.69, 9.17) is 16.7 Å². The number of anilines is 1. The molecule has 2 rings (SSSR count). The summed E-state index contributed by atoms with van der Waals surface area (Å²) in [6.07, 6.45) is 2.58. The van der Waals surface area contributed by atoms with Crippen LogP contribution >= 0.6 is 11.6 Å². The molecule has 1 aliphatic heterocycles. The fourth-order valence-corrected chi connectivity index (χ4v) is 2.69. The Morgan fingerprint density at radius 1 is 1.59 bits per heavy atom. The number of aromatic carboxylic acids is 1. The molecule has 2 heterocycles. The van der Waals surface area contributed by atoms with Gasteiger partial charge in [-0.1, -0.05) is 18.5 Å². The third-order valence-corrected chi connectivity index (χ3v) is 3.53. The van der Waals surface area contributed by atoms with Crippen LogP contribution in [0.5, 0.6) is 0 Å². The van der Waals surface area contributed by atoms with Crippen molar-refractivity contribution < 1.29 is 9.90 Å². The second-order valence-electron chi connectivity index (χ2n) is 4.64. The van der Waals surface area contributed by atoms with Gasteiger partial charge in [-0.25, -0.2) is 9.78 Å². The van der Waals surface area contributed by atoms with Gasteiger partial charge in [-0.2, -0.15) is 0 Å². The number of rotatable bonds is 2. The minimum absolute atomic E-state index is 0.114. The molecule has 0 bridgehead atoms. The second-order valence-corrected chi connectivity index (χ2v) is 5.02. The maximum Gasteiger partial charge on any atom is 0.337 e. The molecule has 5 heteroatoms. The summed E-state index contributed by atoms with van der Waals surface area (Å²) in [5, 5.41) is 9.26. The quantitative estimate of drug-likeness (QED) is 0.882. The van der Waals surface area contributed by atoms with Gasteiger partial charge in [-0.15, -0.1) is 0 Å². The summed E-state index contributed by atoms with van der Waals surface area (Å²) < 4.78 is 0. The SMILES string of the molecule is CC1CC(C)N(c2nccc(C(=O)O)c2Cl)C1. The zero-order chi connectivity index (χ0) is 12.6. The summed E-state index contributed by atoms with van der Waals surface area (Å²) in [7, 11) is 0. The van der Waals surface area contributed by atoms with Crippen LogP contribution in [-0.4, -0.2) is 28.6 Å². The summed E-state index contributed by atoms with van der Waals surface area (Å²) in [4.78, 5) is 17.3. The Labute approximate surface area is 105 Å². The van der Waals surface area contributed by atoms with E-state index in [0.29, 0.717) is 17.8 Å². The molecule has 1 aliphatic rings. The Morgan fingerprint density at radius 3 is 2.82 bits per heavy atom. The van der Waals surface area contributed by atoms with Gasteiger partial charge in [-0.3, -0.25) is 0 Å². The normalized spacial score (nSPS) is 24.1. The lowest BCUT2D eigenvalue weighted by molar-refractivity contribution is 0.0697. The van der Waals surface area contributed by atoms with E-state index in [0.717, 1.165) is 13.0 Å². The average Bonchev–Trinajstić information content (AvgIpc) is 2.57. The molecule has 1 aromatic heterocycles. The Hall–Kier alpha value is -1.29. The number of carboxylic acid groups (broad SMARTS) is 1. The molecule has 17 heavy (non-hydrogen) atoms. The highest BCUT2D eigenvalue weighted by molar-refractivity contribution is 6.35. The smallest absolute Gasteiger partial charge is 0.337 e. The largest absolute Gasteiger partial charge is 0.478 e. The van der Waals surface area contributed by atoms with Crippen molar-refractivity contribution in [1.29, 1.82) is 0 Å². The molecule has 0 aliphatic carbocycles. The number of pyridine rings is 1. The third kappa shape index (κ3) is 2.22. The van der Waals surface area contributed by atoms with Crippen molar-refractivity contribution in [2.75, 3.05) is 11.4 Å². The van der Waals surface area contributed by atoms with E-state index >= 15 is 0 Å². The molecule has 0 aromatic carbocycles. The molecule has 1 aromatic rings. The lowest BCUT2D eigenvalue weighted by atomic mass is 10.1. The Balaban J connectivity index is 2.39. The van der Waals surface area contributed by atoms with Crippen LogP contribution in [0.2, 0.25) is 5.02 Å². The van der Waals surface area contributed by atoms with E-state index in [1.807, 2.05) is 0 Å². The van der Waals surface area contributed by atoms with E-state index in [2.05, 4.69) is 23.7 Å². The average molecular weight is 255 g/mol. The van der Waals surface area contributed by atoms with Crippen LogP contribution in [0.15, 0.2) is 12.3 Å². The highest BCUT2D eigenvalue weighted by atomic mass is 35.5. The van der Waals surface area contributed by atoms with Crippen molar-refractivity contribution >= 4 is 23.4 Å². The number of hydrogen-bond donors (Lipinski definition) is 1. The van der Waals surface area contributed by atoms with E-state index in [1.54, 1.807) is 0 Å². The van der Waals surface area contributed by atoms with Gasteiger partial charge in [0, 0.05) is 18.8 Å². The molecule has 0 radical (unpaired) electrons. The lowest BCUT2D eigenvalue weighted by Crippen LogP contribution is -2.28. The predicted molar refractivity (Wildman–Crippen MR) is 66.8 cm³/mol. The van der Waals surface area contributed by atoms with Crippen LogP contribution < -0.4 is 4.90 Å². The zero-order valence-electron chi connectivity index (χ0n) is 9.85. The molecule has 1 fully saturated rings.